The van der Waals surface area contributed by atoms with E-state index in [4.69, 9.17) is 9.31 Å². The molecule has 0 unspecified atom stereocenters. The number of hydrogen-bond acceptors (Lipinski definition) is 2. The van der Waals surface area contributed by atoms with Gasteiger partial charge in [0.25, 0.3) is 0 Å². The van der Waals surface area contributed by atoms with Crippen molar-refractivity contribution < 1.29 is 9.31 Å². The SMILES string of the molecule is C=C(B1OC(C)(C)C(C)(C)O1)[C@@H]1CCCCCC[C@@H]1[Si](C)(C)c1ccccc1. The Hall–Kier alpha value is -0.838. The molecular formula is C24H39BO2Si. The predicted octanol–water partition coefficient (Wildman–Crippen LogP) is 6.13. The summed E-state index contributed by atoms with van der Waals surface area (Å²) in [5, 5.41) is 1.56. The van der Waals surface area contributed by atoms with Gasteiger partial charge in [0, 0.05) is 0 Å². The molecule has 1 aliphatic heterocycles. The van der Waals surface area contributed by atoms with Gasteiger partial charge in [-0.05, 0) is 51.0 Å². The van der Waals surface area contributed by atoms with Gasteiger partial charge >= 0.3 is 7.12 Å². The van der Waals surface area contributed by atoms with Crippen LogP contribution in [-0.2, 0) is 9.31 Å². The van der Waals surface area contributed by atoms with E-state index in [1.54, 1.807) is 5.19 Å². The highest BCUT2D eigenvalue weighted by atomic mass is 28.3. The molecule has 0 N–H and O–H groups in total. The van der Waals surface area contributed by atoms with Crippen LogP contribution in [0, 0.1) is 5.92 Å². The van der Waals surface area contributed by atoms with Crippen molar-refractivity contribution in [3.8, 4) is 0 Å². The molecule has 0 aromatic heterocycles. The number of rotatable bonds is 4. The second-order valence-electron chi connectivity index (χ2n) is 10.5. The summed E-state index contributed by atoms with van der Waals surface area (Å²) in [6.07, 6.45) is 7.85. The van der Waals surface area contributed by atoms with Crippen LogP contribution < -0.4 is 5.19 Å². The van der Waals surface area contributed by atoms with Gasteiger partial charge in [0.1, 0.15) is 0 Å². The quantitative estimate of drug-likeness (QED) is 0.568. The van der Waals surface area contributed by atoms with Crippen molar-refractivity contribution in [2.45, 2.75) is 96.1 Å². The first-order valence-electron chi connectivity index (χ1n) is 11.2. The third-order valence-corrected chi connectivity index (χ3v) is 12.1. The highest BCUT2D eigenvalue weighted by Crippen LogP contribution is 2.46. The van der Waals surface area contributed by atoms with Crippen molar-refractivity contribution in [2.75, 3.05) is 0 Å². The molecule has 1 heterocycles. The average molecular weight is 398 g/mol. The smallest absolute Gasteiger partial charge is 0.400 e. The molecule has 1 aromatic rings. The van der Waals surface area contributed by atoms with E-state index in [1.165, 1.54) is 44.0 Å². The molecule has 1 saturated carbocycles. The molecule has 0 radical (unpaired) electrons. The molecule has 28 heavy (non-hydrogen) atoms. The van der Waals surface area contributed by atoms with Crippen LogP contribution in [-0.4, -0.2) is 26.4 Å². The number of hydrogen-bond donors (Lipinski definition) is 0. The first kappa shape index (κ1) is 21.9. The van der Waals surface area contributed by atoms with Gasteiger partial charge in [-0.15, -0.1) is 6.58 Å². The van der Waals surface area contributed by atoms with Crippen LogP contribution in [0.4, 0.5) is 0 Å². The normalized spacial score (nSPS) is 27.9. The van der Waals surface area contributed by atoms with E-state index < -0.39 is 8.07 Å². The summed E-state index contributed by atoms with van der Waals surface area (Å²) in [5.41, 5.74) is 1.26. The molecule has 4 heteroatoms. The molecule has 2 nitrogen and oxygen atoms in total. The van der Waals surface area contributed by atoms with Gasteiger partial charge in [-0.25, -0.2) is 0 Å². The zero-order valence-corrected chi connectivity index (χ0v) is 19.9. The van der Waals surface area contributed by atoms with E-state index in [-0.39, 0.29) is 18.3 Å². The molecule has 0 bridgehead atoms. The number of allylic oxidation sites excluding steroid dienone is 1. The first-order valence-corrected chi connectivity index (χ1v) is 14.2. The van der Waals surface area contributed by atoms with Gasteiger partial charge in [-0.2, -0.15) is 0 Å². The highest BCUT2D eigenvalue weighted by molar-refractivity contribution is 6.91. The Kier molecular flexibility index (Phi) is 6.34. The van der Waals surface area contributed by atoms with Gasteiger partial charge in [-0.1, -0.05) is 80.7 Å². The molecule has 2 aliphatic rings. The summed E-state index contributed by atoms with van der Waals surface area (Å²) in [5.74, 6) is 0.483. The van der Waals surface area contributed by atoms with E-state index in [2.05, 4.69) is 77.7 Å². The minimum atomic E-state index is -1.65. The Balaban J connectivity index is 1.90. The molecule has 154 valence electrons. The summed E-state index contributed by atoms with van der Waals surface area (Å²) >= 11 is 0. The molecule has 2 atom stereocenters. The van der Waals surface area contributed by atoms with Crippen LogP contribution in [0.25, 0.3) is 0 Å². The fraction of sp³-hybridized carbons (Fsp3) is 0.667. The second-order valence-corrected chi connectivity index (χ2v) is 15.2. The van der Waals surface area contributed by atoms with Crippen molar-refractivity contribution in [1.82, 2.24) is 0 Å². The van der Waals surface area contributed by atoms with Gasteiger partial charge in [0.05, 0.1) is 19.3 Å². The van der Waals surface area contributed by atoms with Crippen molar-refractivity contribution in [2.24, 2.45) is 5.92 Å². The lowest BCUT2D eigenvalue weighted by atomic mass is 9.68. The average Bonchev–Trinajstić information content (AvgIpc) is 2.82. The Labute approximate surface area is 174 Å². The standard InChI is InChI=1S/C24H39BO2Si/c1-19(25-26-23(2,3)24(4,5)27-25)21-17-13-8-9-14-18-22(21)28(6,7)20-15-11-10-12-16-20/h10-12,15-16,21-22H,1,8-9,13-14,17-18H2,2-7H3/t21-,22-/m0/s1. The molecule has 3 rings (SSSR count). The van der Waals surface area contributed by atoms with E-state index in [0.717, 1.165) is 0 Å². The summed E-state index contributed by atoms with van der Waals surface area (Å²) in [6, 6.07) is 11.2. The van der Waals surface area contributed by atoms with Crippen molar-refractivity contribution in [3.63, 3.8) is 0 Å². The highest BCUT2D eigenvalue weighted by Gasteiger charge is 2.54. The largest absolute Gasteiger partial charge is 0.490 e. The third-order valence-electron chi connectivity index (χ3n) is 7.74. The predicted molar refractivity (Wildman–Crippen MR) is 124 cm³/mol. The van der Waals surface area contributed by atoms with Crippen molar-refractivity contribution in [3.05, 3.63) is 42.4 Å². The van der Waals surface area contributed by atoms with Crippen LogP contribution in [0.5, 0.6) is 0 Å². The van der Waals surface area contributed by atoms with Crippen LogP contribution in [0.3, 0.4) is 0 Å². The topological polar surface area (TPSA) is 18.5 Å². The Morgan fingerprint density at radius 3 is 2.04 bits per heavy atom. The minimum Gasteiger partial charge on any atom is -0.400 e. The van der Waals surface area contributed by atoms with Gasteiger partial charge in [0.2, 0.25) is 0 Å². The third kappa shape index (κ3) is 4.20. The second kappa shape index (κ2) is 8.12. The molecule has 2 fully saturated rings. The van der Waals surface area contributed by atoms with E-state index >= 15 is 0 Å². The molecular weight excluding hydrogens is 359 g/mol. The maximum Gasteiger partial charge on any atom is 0.490 e. The lowest BCUT2D eigenvalue weighted by Gasteiger charge is -2.41. The van der Waals surface area contributed by atoms with Gasteiger partial charge in [0.15, 0.2) is 0 Å². The Morgan fingerprint density at radius 1 is 0.929 bits per heavy atom. The summed E-state index contributed by atoms with van der Waals surface area (Å²) in [4.78, 5) is 0. The summed E-state index contributed by atoms with van der Waals surface area (Å²) in [7, 11) is -1.93. The summed E-state index contributed by atoms with van der Waals surface area (Å²) < 4.78 is 12.8. The Bertz CT molecular complexity index is 667. The Morgan fingerprint density at radius 2 is 1.46 bits per heavy atom. The zero-order valence-electron chi connectivity index (χ0n) is 18.9. The fourth-order valence-corrected chi connectivity index (χ4v) is 8.84. The fourth-order valence-electron chi connectivity index (χ4n) is 5.04. The maximum atomic E-state index is 6.41. The number of benzene rings is 1. The van der Waals surface area contributed by atoms with Crippen LogP contribution in [0.15, 0.2) is 42.4 Å². The van der Waals surface area contributed by atoms with Gasteiger partial charge in [-0.3, -0.25) is 0 Å². The zero-order chi connectivity index (χ0) is 20.6. The van der Waals surface area contributed by atoms with Crippen molar-refractivity contribution in [1.29, 1.82) is 0 Å². The maximum absolute atomic E-state index is 6.41. The van der Waals surface area contributed by atoms with E-state index in [0.29, 0.717) is 11.5 Å². The molecule has 1 aromatic carbocycles. The monoisotopic (exact) mass is 398 g/mol. The van der Waals surface area contributed by atoms with Crippen LogP contribution in [0.2, 0.25) is 18.6 Å². The lowest BCUT2D eigenvalue weighted by molar-refractivity contribution is 0.00578. The van der Waals surface area contributed by atoms with Crippen LogP contribution in [0.1, 0.15) is 66.2 Å². The van der Waals surface area contributed by atoms with Gasteiger partial charge < -0.3 is 9.31 Å². The molecule has 0 amide bonds. The molecule has 1 aliphatic carbocycles. The first-order chi connectivity index (χ1) is 13.1. The van der Waals surface area contributed by atoms with Crippen LogP contribution >= 0.6 is 0 Å². The lowest BCUT2D eigenvalue weighted by Crippen LogP contribution is -2.49. The minimum absolute atomic E-state index is 0.280. The van der Waals surface area contributed by atoms with Crippen molar-refractivity contribution >= 4 is 20.4 Å². The summed E-state index contributed by atoms with van der Waals surface area (Å²) in [6.45, 7) is 18.3. The molecule has 0 spiro atoms. The molecule has 1 saturated heterocycles. The van der Waals surface area contributed by atoms with E-state index in [9.17, 15) is 0 Å². The van der Waals surface area contributed by atoms with E-state index in [1.807, 2.05) is 0 Å².